The van der Waals surface area contributed by atoms with Crippen molar-refractivity contribution in [3.8, 4) is 0 Å². The maximum Gasteiger partial charge on any atom is 0.408 e. The summed E-state index contributed by atoms with van der Waals surface area (Å²) in [5.74, 6) is -0.842. The van der Waals surface area contributed by atoms with Crippen LogP contribution in [-0.4, -0.2) is 52.2 Å². The van der Waals surface area contributed by atoms with Gasteiger partial charge in [0.2, 0.25) is 5.91 Å². The van der Waals surface area contributed by atoms with Crippen molar-refractivity contribution >= 4 is 18.0 Å². The van der Waals surface area contributed by atoms with E-state index in [0.29, 0.717) is 5.92 Å². The minimum absolute atomic E-state index is 0.0503. The van der Waals surface area contributed by atoms with Crippen LogP contribution in [0.3, 0.4) is 0 Å². The van der Waals surface area contributed by atoms with Crippen LogP contribution >= 0.6 is 0 Å². The van der Waals surface area contributed by atoms with Crippen molar-refractivity contribution in [1.29, 1.82) is 0 Å². The Labute approximate surface area is 143 Å². The normalized spacial score (nSPS) is 19.2. The number of carbonyl (C=O) groups is 3. The quantitative estimate of drug-likeness (QED) is 0.772. The number of carboxylic acid groups (broad SMARTS) is 1. The second kappa shape index (κ2) is 8.35. The summed E-state index contributed by atoms with van der Waals surface area (Å²) in [6.45, 7) is 9.99. The van der Waals surface area contributed by atoms with Crippen LogP contribution in [0.5, 0.6) is 0 Å². The van der Waals surface area contributed by atoms with E-state index >= 15 is 0 Å². The third-order valence-corrected chi connectivity index (χ3v) is 4.03. The third-order valence-electron chi connectivity index (χ3n) is 4.03. The molecule has 7 heteroatoms. The van der Waals surface area contributed by atoms with Crippen LogP contribution < -0.4 is 5.32 Å². The van der Waals surface area contributed by atoms with Crippen molar-refractivity contribution in [2.45, 2.75) is 78.0 Å². The molecule has 0 unspecified atom stereocenters. The van der Waals surface area contributed by atoms with Crippen molar-refractivity contribution in [2.75, 3.05) is 6.54 Å². The van der Waals surface area contributed by atoms with Crippen molar-refractivity contribution in [3.63, 3.8) is 0 Å². The van der Waals surface area contributed by atoms with E-state index < -0.39 is 23.7 Å². The fraction of sp³-hybridized carbons (Fsp3) is 0.824. The first kappa shape index (κ1) is 20.3. The molecule has 2 amide bonds. The van der Waals surface area contributed by atoms with Gasteiger partial charge < -0.3 is 20.1 Å². The Morgan fingerprint density at radius 2 is 1.92 bits per heavy atom. The van der Waals surface area contributed by atoms with Crippen LogP contribution in [0.1, 0.15) is 60.3 Å². The monoisotopic (exact) mass is 342 g/mol. The summed E-state index contributed by atoms with van der Waals surface area (Å²) < 4.78 is 5.06. The molecule has 1 aliphatic heterocycles. The molecule has 2 N–H and O–H groups in total. The number of nitrogens with zero attached hydrogens (tertiary/aromatic N) is 1. The predicted molar refractivity (Wildman–Crippen MR) is 89.6 cm³/mol. The molecule has 0 bridgehead atoms. The molecular weight excluding hydrogens is 312 g/mol. The standard InChI is InChI=1S/C17H30N2O5/c1-11(2)13-7-6-10-19(13)14(20)9-8-12(15(21)22)18-16(23)24-17(3,4)5/h11-13H,6-10H2,1-5H3,(H,18,23)(H,21,22)/t12-,13-/m1/s1. The van der Waals surface area contributed by atoms with Gasteiger partial charge in [0.25, 0.3) is 0 Å². The van der Waals surface area contributed by atoms with Gasteiger partial charge in [0.1, 0.15) is 11.6 Å². The number of ether oxygens (including phenoxy) is 1. The van der Waals surface area contributed by atoms with Gasteiger partial charge in [-0.1, -0.05) is 13.8 Å². The lowest BCUT2D eigenvalue weighted by atomic mass is 10.0. The number of likely N-dealkylation sites (tertiary alicyclic amines) is 1. The number of carboxylic acids is 1. The molecule has 0 saturated carbocycles. The molecule has 0 aliphatic carbocycles. The van der Waals surface area contributed by atoms with Crippen LogP contribution in [0.2, 0.25) is 0 Å². The number of amides is 2. The SMILES string of the molecule is CC(C)[C@H]1CCCN1C(=O)CC[C@@H](NC(=O)OC(C)(C)C)C(=O)O. The first-order chi connectivity index (χ1) is 11.0. The number of carbonyl (C=O) groups excluding carboxylic acids is 2. The van der Waals surface area contributed by atoms with Crippen molar-refractivity contribution < 1.29 is 24.2 Å². The highest BCUT2D eigenvalue weighted by atomic mass is 16.6. The average Bonchev–Trinajstić information content (AvgIpc) is 2.90. The zero-order valence-corrected chi connectivity index (χ0v) is 15.3. The Bertz CT molecular complexity index is 470. The average molecular weight is 342 g/mol. The van der Waals surface area contributed by atoms with Gasteiger partial charge >= 0.3 is 12.1 Å². The minimum atomic E-state index is -1.17. The van der Waals surface area contributed by atoms with Crippen molar-refractivity contribution in [2.24, 2.45) is 5.92 Å². The van der Waals surface area contributed by atoms with E-state index in [4.69, 9.17) is 4.74 Å². The number of hydrogen-bond acceptors (Lipinski definition) is 4. The number of aliphatic carboxylic acids is 1. The van der Waals surface area contributed by atoms with E-state index in [1.807, 2.05) is 4.90 Å². The highest BCUT2D eigenvalue weighted by Crippen LogP contribution is 2.24. The zero-order valence-electron chi connectivity index (χ0n) is 15.3. The van der Waals surface area contributed by atoms with Gasteiger partial charge in [0.05, 0.1) is 0 Å². The minimum Gasteiger partial charge on any atom is -0.480 e. The number of hydrogen-bond donors (Lipinski definition) is 2. The summed E-state index contributed by atoms with van der Waals surface area (Å²) in [6, 6.07) is -0.913. The Balaban J connectivity index is 2.56. The predicted octanol–water partition coefficient (Wildman–Crippen LogP) is 2.39. The van der Waals surface area contributed by atoms with Crippen LogP contribution in [0.25, 0.3) is 0 Å². The highest BCUT2D eigenvalue weighted by molar-refractivity contribution is 5.82. The van der Waals surface area contributed by atoms with Crippen molar-refractivity contribution in [1.82, 2.24) is 10.2 Å². The molecular formula is C17H30N2O5. The Kier molecular flexibility index (Phi) is 7.05. The molecule has 0 aromatic carbocycles. The van der Waals surface area contributed by atoms with Gasteiger partial charge in [0, 0.05) is 19.0 Å². The lowest BCUT2D eigenvalue weighted by Crippen LogP contribution is -2.44. The first-order valence-corrected chi connectivity index (χ1v) is 8.53. The van der Waals surface area contributed by atoms with E-state index in [1.54, 1.807) is 20.8 Å². The third kappa shape index (κ3) is 6.37. The molecule has 0 aromatic heterocycles. The maximum absolute atomic E-state index is 12.4. The zero-order chi connectivity index (χ0) is 18.5. The second-order valence-corrected chi connectivity index (χ2v) is 7.62. The van der Waals surface area contributed by atoms with Gasteiger partial charge in [-0.3, -0.25) is 4.79 Å². The molecule has 1 aliphatic rings. The van der Waals surface area contributed by atoms with Crippen molar-refractivity contribution in [3.05, 3.63) is 0 Å². The van der Waals surface area contributed by atoms with Crippen LogP contribution in [0.15, 0.2) is 0 Å². The molecule has 0 aromatic rings. The smallest absolute Gasteiger partial charge is 0.408 e. The molecule has 0 radical (unpaired) electrons. The topological polar surface area (TPSA) is 95.9 Å². The molecule has 1 saturated heterocycles. The number of alkyl carbamates (subject to hydrolysis) is 1. The Morgan fingerprint density at radius 1 is 1.29 bits per heavy atom. The molecule has 138 valence electrons. The van der Waals surface area contributed by atoms with E-state index in [-0.39, 0.29) is 24.8 Å². The summed E-state index contributed by atoms with van der Waals surface area (Å²) in [7, 11) is 0. The lowest BCUT2D eigenvalue weighted by molar-refractivity contribution is -0.140. The van der Waals surface area contributed by atoms with Crippen LogP contribution in [0, 0.1) is 5.92 Å². The molecule has 7 nitrogen and oxygen atoms in total. The summed E-state index contributed by atoms with van der Waals surface area (Å²) in [5, 5.41) is 11.6. The Hall–Kier alpha value is -1.79. The Morgan fingerprint density at radius 3 is 2.42 bits per heavy atom. The number of rotatable bonds is 6. The van der Waals surface area contributed by atoms with Gasteiger partial charge in [-0.25, -0.2) is 9.59 Å². The lowest BCUT2D eigenvalue weighted by Gasteiger charge is -2.28. The summed E-state index contributed by atoms with van der Waals surface area (Å²) in [4.78, 5) is 37.3. The molecule has 2 atom stereocenters. The molecule has 1 heterocycles. The fourth-order valence-electron chi connectivity index (χ4n) is 2.91. The molecule has 1 rings (SSSR count). The van der Waals surface area contributed by atoms with Gasteiger partial charge in [-0.15, -0.1) is 0 Å². The van der Waals surface area contributed by atoms with E-state index in [9.17, 15) is 19.5 Å². The van der Waals surface area contributed by atoms with Crippen LogP contribution in [-0.2, 0) is 14.3 Å². The highest BCUT2D eigenvalue weighted by Gasteiger charge is 2.32. The fourth-order valence-corrected chi connectivity index (χ4v) is 2.91. The van der Waals surface area contributed by atoms with Gasteiger partial charge in [-0.05, 0) is 46.0 Å². The van der Waals surface area contributed by atoms with Gasteiger partial charge in [0.15, 0.2) is 0 Å². The molecule has 0 spiro atoms. The van der Waals surface area contributed by atoms with Crippen LogP contribution in [0.4, 0.5) is 4.79 Å². The van der Waals surface area contributed by atoms with E-state index in [0.717, 1.165) is 19.4 Å². The molecule has 1 fully saturated rings. The van der Waals surface area contributed by atoms with E-state index in [2.05, 4.69) is 19.2 Å². The van der Waals surface area contributed by atoms with E-state index in [1.165, 1.54) is 0 Å². The number of nitrogens with one attached hydrogen (secondary N) is 1. The van der Waals surface area contributed by atoms with Gasteiger partial charge in [-0.2, -0.15) is 0 Å². The maximum atomic E-state index is 12.4. The molecule has 24 heavy (non-hydrogen) atoms. The summed E-state index contributed by atoms with van der Waals surface area (Å²) in [5.41, 5.74) is -0.705. The largest absolute Gasteiger partial charge is 0.480 e. The summed E-state index contributed by atoms with van der Waals surface area (Å²) >= 11 is 0. The second-order valence-electron chi connectivity index (χ2n) is 7.62. The first-order valence-electron chi connectivity index (χ1n) is 8.53. The summed E-state index contributed by atoms with van der Waals surface area (Å²) in [6.07, 6.45) is 1.32.